The second-order valence-corrected chi connectivity index (χ2v) is 7.45. The lowest BCUT2D eigenvalue weighted by Gasteiger charge is -2.18. The highest BCUT2D eigenvalue weighted by atomic mass is 32.1. The van der Waals surface area contributed by atoms with Crippen molar-refractivity contribution in [2.45, 2.75) is 33.1 Å². The van der Waals surface area contributed by atoms with Gasteiger partial charge in [0.1, 0.15) is 5.01 Å². The van der Waals surface area contributed by atoms with Gasteiger partial charge < -0.3 is 4.98 Å². The predicted octanol–water partition coefficient (Wildman–Crippen LogP) is 3.70. The fourth-order valence-corrected chi connectivity index (χ4v) is 3.84. The first-order valence-electron chi connectivity index (χ1n) is 7.85. The van der Waals surface area contributed by atoms with Crippen LogP contribution in [0.15, 0.2) is 18.2 Å². The SMILES string of the molecule is Cc1nnc(NC(=O)c2ccc3[nH]c4c(c3c2)CC(C)CC4)s1. The van der Waals surface area contributed by atoms with Crippen molar-refractivity contribution < 1.29 is 4.79 Å². The maximum absolute atomic E-state index is 12.4. The van der Waals surface area contributed by atoms with Crippen molar-refractivity contribution in [3.63, 3.8) is 0 Å². The number of aromatic nitrogens is 3. The van der Waals surface area contributed by atoms with Crippen LogP contribution in [-0.2, 0) is 12.8 Å². The van der Waals surface area contributed by atoms with Crippen LogP contribution in [0.2, 0.25) is 0 Å². The zero-order chi connectivity index (χ0) is 16.0. The molecule has 0 saturated carbocycles. The molecule has 0 fully saturated rings. The Balaban J connectivity index is 1.68. The van der Waals surface area contributed by atoms with Crippen LogP contribution < -0.4 is 5.32 Å². The van der Waals surface area contributed by atoms with Crippen molar-refractivity contribution in [1.29, 1.82) is 0 Å². The summed E-state index contributed by atoms with van der Waals surface area (Å²) in [5.74, 6) is 0.560. The number of benzene rings is 1. The minimum absolute atomic E-state index is 0.137. The lowest BCUT2D eigenvalue weighted by molar-refractivity contribution is 0.102. The number of H-pyrrole nitrogens is 1. The quantitative estimate of drug-likeness (QED) is 0.754. The monoisotopic (exact) mass is 326 g/mol. The normalized spacial score (nSPS) is 17.2. The van der Waals surface area contributed by atoms with Crippen molar-refractivity contribution in [1.82, 2.24) is 15.2 Å². The zero-order valence-corrected chi connectivity index (χ0v) is 14.0. The lowest BCUT2D eigenvalue weighted by atomic mass is 9.87. The number of hydrogen-bond donors (Lipinski definition) is 2. The Labute approximate surface area is 138 Å². The first kappa shape index (κ1) is 14.4. The fraction of sp³-hybridized carbons (Fsp3) is 0.353. The second-order valence-electron chi connectivity index (χ2n) is 6.27. The number of fused-ring (bicyclic) bond motifs is 3. The molecule has 1 unspecified atom stereocenters. The van der Waals surface area contributed by atoms with Crippen molar-refractivity contribution in [3.8, 4) is 0 Å². The summed E-state index contributed by atoms with van der Waals surface area (Å²) in [4.78, 5) is 15.9. The van der Waals surface area contributed by atoms with Gasteiger partial charge in [-0.3, -0.25) is 10.1 Å². The Bertz CT molecular complexity index is 895. The molecule has 1 aliphatic rings. The Morgan fingerprint density at radius 2 is 2.26 bits per heavy atom. The van der Waals surface area contributed by atoms with Gasteiger partial charge in [-0.1, -0.05) is 18.3 Å². The molecule has 0 aliphatic heterocycles. The number of nitrogens with zero attached hydrogens (tertiary/aromatic N) is 2. The molecule has 6 heteroatoms. The highest BCUT2D eigenvalue weighted by Gasteiger charge is 2.20. The molecule has 0 spiro atoms. The van der Waals surface area contributed by atoms with E-state index in [4.69, 9.17) is 0 Å². The van der Waals surface area contributed by atoms with Crippen LogP contribution in [0.4, 0.5) is 5.13 Å². The van der Waals surface area contributed by atoms with Crippen molar-refractivity contribution in [3.05, 3.63) is 40.0 Å². The zero-order valence-electron chi connectivity index (χ0n) is 13.1. The van der Waals surface area contributed by atoms with E-state index >= 15 is 0 Å². The molecule has 2 aromatic heterocycles. The Kier molecular flexibility index (Phi) is 3.41. The van der Waals surface area contributed by atoms with Crippen molar-refractivity contribution >= 4 is 33.3 Å². The van der Waals surface area contributed by atoms with E-state index in [1.54, 1.807) is 0 Å². The van der Waals surface area contributed by atoms with Gasteiger partial charge in [-0.15, -0.1) is 10.2 Å². The smallest absolute Gasteiger partial charge is 0.257 e. The predicted molar refractivity (Wildman–Crippen MR) is 92.1 cm³/mol. The van der Waals surface area contributed by atoms with Crippen molar-refractivity contribution in [2.75, 3.05) is 5.32 Å². The topological polar surface area (TPSA) is 70.7 Å². The molecule has 23 heavy (non-hydrogen) atoms. The molecule has 5 nitrogen and oxygen atoms in total. The average Bonchev–Trinajstić information content (AvgIpc) is 3.10. The minimum atomic E-state index is -0.137. The van der Waals surface area contributed by atoms with Crippen LogP contribution in [0.3, 0.4) is 0 Å². The van der Waals surface area contributed by atoms with E-state index in [9.17, 15) is 4.79 Å². The number of aromatic amines is 1. The lowest BCUT2D eigenvalue weighted by Crippen LogP contribution is -2.12. The molecule has 2 heterocycles. The van der Waals surface area contributed by atoms with Gasteiger partial charge in [0.05, 0.1) is 0 Å². The first-order chi connectivity index (χ1) is 11.1. The van der Waals surface area contributed by atoms with Crippen LogP contribution in [0.25, 0.3) is 10.9 Å². The average molecular weight is 326 g/mol. The van der Waals surface area contributed by atoms with E-state index in [0.29, 0.717) is 16.6 Å². The van der Waals surface area contributed by atoms with E-state index in [-0.39, 0.29) is 5.91 Å². The summed E-state index contributed by atoms with van der Waals surface area (Å²) < 4.78 is 0. The Morgan fingerprint density at radius 1 is 1.39 bits per heavy atom. The highest BCUT2D eigenvalue weighted by Crippen LogP contribution is 2.32. The molecule has 2 N–H and O–H groups in total. The molecule has 0 radical (unpaired) electrons. The number of rotatable bonds is 2. The number of hydrogen-bond acceptors (Lipinski definition) is 4. The largest absolute Gasteiger partial charge is 0.358 e. The summed E-state index contributed by atoms with van der Waals surface area (Å²) in [6.45, 7) is 4.16. The summed E-state index contributed by atoms with van der Waals surface area (Å²) >= 11 is 1.38. The van der Waals surface area contributed by atoms with Gasteiger partial charge in [-0.25, -0.2) is 0 Å². The van der Waals surface area contributed by atoms with E-state index < -0.39 is 0 Å². The number of carbonyl (C=O) groups excluding carboxylic acids is 1. The van der Waals surface area contributed by atoms with Crippen LogP contribution in [0.1, 0.15) is 40.0 Å². The van der Waals surface area contributed by atoms with Gasteiger partial charge in [-0.2, -0.15) is 0 Å². The third kappa shape index (κ3) is 2.63. The molecule has 0 bridgehead atoms. The highest BCUT2D eigenvalue weighted by molar-refractivity contribution is 7.15. The van der Waals surface area contributed by atoms with Gasteiger partial charge in [0.25, 0.3) is 5.91 Å². The third-order valence-corrected chi connectivity index (χ3v) is 5.20. The van der Waals surface area contributed by atoms with E-state index in [2.05, 4.69) is 27.4 Å². The standard InChI is InChI=1S/C17H18N4OS/c1-9-3-5-14-12(7-9)13-8-11(4-6-15(13)18-14)16(22)19-17-21-20-10(2)23-17/h4,6,8-9,18H,3,5,7H2,1-2H3,(H,19,21,22). The van der Waals surface area contributed by atoms with E-state index in [1.165, 1.54) is 34.4 Å². The van der Waals surface area contributed by atoms with Gasteiger partial charge >= 0.3 is 0 Å². The number of aryl methyl sites for hydroxylation is 2. The van der Waals surface area contributed by atoms with Crippen molar-refractivity contribution in [2.24, 2.45) is 5.92 Å². The third-order valence-electron chi connectivity index (χ3n) is 4.44. The maximum atomic E-state index is 12.4. The molecule has 4 rings (SSSR count). The molecule has 1 aromatic carbocycles. The Hall–Kier alpha value is -2.21. The van der Waals surface area contributed by atoms with Gasteiger partial charge in [-0.05, 0) is 55.9 Å². The first-order valence-corrected chi connectivity index (χ1v) is 8.67. The summed E-state index contributed by atoms with van der Waals surface area (Å²) in [6.07, 6.45) is 3.40. The molecule has 1 aliphatic carbocycles. The molecule has 0 saturated heterocycles. The van der Waals surface area contributed by atoms with Gasteiger partial charge in [0.2, 0.25) is 5.13 Å². The Morgan fingerprint density at radius 3 is 3.04 bits per heavy atom. The van der Waals surface area contributed by atoms with Crippen LogP contribution in [0.5, 0.6) is 0 Å². The van der Waals surface area contributed by atoms with E-state index in [0.717, 1.165) is 23.4 Å². The van der Waals surface area contributed by atoms with Crippen LogP contribution in [0, 0.1) is 12.8 Å². The molecule has 1 atom stereocenters. The minimum Gasteiger partial charge on any atom is -0.358 e. The summed E-state index contributed by atoms with van der Waals surface area (Å²) in [5.41, 5.74) is 4.48. The van der Waals surface area contributed by atoms with Gasteiger partial charge in [0, 0.05) is 22.2 Å². The molecular weight excluding hydrogens is 308 g/mol. The molecule has 1 amide bonds. The van der Waals surface area contributed by atoms with Gasteiger partial charge in [0.15, 0.2) is 0 Å². The van der Waals surface area contributed by atoms with E-state index in [1.807, 2.05) is 25.1 Å². The summed E-state index contributed by atoms with van der Waals surface area (Å²) in [5, 5.41) is 13.2. The summed E-state index contributed by atoms with van der Waals surface area (Å²) in [6, 6.07) is 5.85. The number of amides is 1. The maximum Gasteiger partial charge on any atom is 0.257 e. The number of anilines is 1. The molecule has 3 aromatic rings. The van der Waals surface area contributed by atoms with Crippen LogP contribution >= 0.6 is 11.3 Å². The fourth-order valence-electron chi connectivity index (χ4n) is 3.25. The summed E-state index contributed by atoms with van der Waals surface area (Å²) in [7, 11) is 0. The van der Waals surface area contributed by atoms with Crippen LogP contribution in [-0.4, -0.2) is 21.1 Å². The molecule has 118 valence electrons. The molecular formula is C17H18N4OS. The second kappa shape index (κ2) is 5.45. The number of nitrogens with one attached hydrogen (secondary N) is 2. The number of carbonyl (C=O) groups is 1.